The Morgan fingerprint density at radius 1 is 1.03 bits per heavy atom. The van der Waals surface area contributed by atoms with Crippen molar-refractivity contribution in [3.8, 4) is 11.5 Å². The Balaban J connectivity index is 1.70. The quantitative estimate of drug-likeness (QED) is 0.449. The Hall–Kier alpha value is -3.92. The highest BCUT2D eigenvalue weighted by molar-refractivity contribution is 7.17. The number of benzene rings is 2. The maximum absolute atomic E-state index is 14.2. The number of methoxy groups -OCH3 is 2. The van der Waals surface area contributed by atoms with E-state index in [1.165, 1.54) is 37.0 Å². The Bertz CT molecular complexity index is 1430. The number of carbonyl (C=O) groups is 1. The first kappa shape index (κ1) is 22.3. The van der Waals surface area contributed by atoms with Crippen molar-refractivity contribution in [2.45, 2.75) is 13.1 Å². The second kappa shape index (κ2) is 9.29. The molecule has 2 heterocycles. The zero-order chi connectivity index (χ0) is 23.5. The van der Waals surface area contributed by atoms with Crippen molar-refractivity contribution in [2.75, 3.05) is 19.5 Å². The minimum absolute atomic E-state index is 0.201. The van der Waals surface area contributed by atoms with Gasteiger partial charge in [-0.25, -0.2) is 9.18 Å². The number of aromatic nitrogens is 2. The first-order valence-corrected chi connectivity index (χ1v) is 10.8. The van der Waals surface area contributed by atoms with Gasteiger partial charge in [0.1, 0.15) is 28.6 Å². The van der Waals surface area contributed by atoms with E-state index in [1.807, 2.05) is 0 Å². The minimum atomic E-state index is -0.701. The van der Waals surface area contributed by atoms with Crippen LogP contribution < -0.4 is 26.0 Å². The number of amides is 1. The van der Waals surface area contributed by atoms with Crippen LogP contribution >= 0.6 is 11.3 Å². The molecule has 0 aliphatic rings. The molecule has 33 heavy (non-hydrogen) atoms. The van der Waals surface area contributed by atoms with Gasteiger partial charge in [-0.1, -0.05) is 18.2 Å². The summed E-state index contributed by atoms with van der Waals surface area (Å²) in [5.74, 6) is -0.0386. The Kier molecular flexibility index (Phi) is 6.27. The highest BCUT2D eigenvalue weighted by atomic mass is 32.1. The van der Waals surface area contributed by atoms with Crippen LogP contribution in [0.15, 0.2) is 63.5 Å². The highest BCUT2D eigenvalue weighted by Crippen LogP contribution is 2.26. The summed E-state index contributed by atoms with van der Waals surface area (Å²) in [6, 6.07) is 12.4. The molecule has 2 aromatic carbocycles. The van der Waals surface area contributed by atoms with Gasteiger partial charge in [-0.3, -0.25) is 18.7 Å². The number of hydrogen-bond acceptors (Lipinski definition) is 6. The van der Waals surface area contributed by atoms with E-state index in [0.717, 1.165) is 15.9 Å². The number of halogens is 1. The smallest absolute Gasteiger partial charge is 0.332 e. The molecule has 1 N–H and O–H groups in total. The van der Waals surface area contributed by atoms with E-state index in [9.17, 15) is 18.8 Å². The topological polar surface area (TPSA) is 91.6 Å². The van der Waals surface area contributed by atoms with E-state index in [-0.39, 0.29) is 18.7 Å². The van der Waals surface area contributed by atoms with Gasteiger partial charge in [0.2, 0.25) is 5.91 Å². The predicted octanol–water partition coefficient (Wildman–Crippen LogP) is 3.07. The van der Waals surface area contributed by atoms with Crippen LogP contribution in [0, 0.1) is 5.82 Å². The largest absolute Gasteiger partial charge is 0.497 e. The molecule has 0 aliphatic heterocycles. The lowest BCUT2D eigenvalue weighted by Gasteiger charge is -2.13. The number of rotatable bonds is 7. The summed E-state index contributed by atoms with van der Waals surface area (Å²) in [5, 5.41) is 4.38. The summed E-state index contributed by atoms with van der Waals surface area (Å²) in [6.45, 7) is -0.587. The summed E-state index contributed by atoms with van der Waals surface area (Å²) in [5.41, 5.74) is -0.259. The van der Waals surface area contributed by atoms with Gasteiger partial charge in [0.05, 0.1) is 26.3 Å². The fraction of sp³-hybridized carbons (Fsp3) is 0.174. The van der Waals surface area contributed by atoms with Crippen LogP contribution in [0.5, 0.6) is 11.5 Å². The number of carbonyl (C=O) groups excluding carboxylic acids is 1. The molecule has 0 bridgehead atoms. The van der Waals surface area contributed by atoms with Crippen LogP contribution in [0.2, 0.25) is 0 Å². The van der Waals surface area contributed by atoms with Gasteiger partial charge in [0, 0.05) is 29.4 Å². The molecule has 8 nitrogen and oxygen atoms in total. The molecule has 0 aliphatic carbocycles. The summed E-state index contributed by atoms with van der Waals surface area (Å²) >= 11 is 1.16. The number of nitrogens with zero attached hydrogens (tertiary/aromatic N) is 2. The van der Waals surface area contributed by atoms with Crippen molar-refractivity contribution in [3.63, 3.8) is 0 Å². The van der Waals surface area contributed by atoms with Gasteiger partial charge >= 0.3 is 5.69 Å². The van der Waals surface area contributed by atoms with Gasteiger partial charge in [-0.05, 0) is 17.5 Å². The van der Waals surface area contributed by atoms with Gasteiger partial charge in [0.15, 0.2) is 0 Å². The second-order valence-electron chi connectivity index (χ2n) is 7.14. The molecule has 0 atom stereocenters. The molecule has 0 fully saturated rings. The van der Waals surface area contributed by atoms with Crippen molar-refractivity contribution in [2.24, 2.45) is 0 Å². The molecule has 10 heteroatoms. The molecule has 0 spiro atoms. The maximum Gasteiger partial charge on any atom is 0.332 e. The molecular formula is C23H20FN3O5S. The fourth-order valence-corrected chi connectivity index (χ4v) is 4.29. The van der Waals surface area contributed by atoms with Crippen LogP contribution in [-0.2, 0) is 17.9 Å². The SMILES string of the molecule is COc1cc(NC(=O)Cn2c(=O)n(Cc3ccccc3F)c(=O)c3sccc32)cc(OC)c1. The summed E-state index contributed by atoms with van der Waals surface area (Å²) in [6.07, 6.45) is 0. The van der Waals surface area contributed by atoms with Gasteiger partial charge in [-0.2, -0.15) is 0 Å². The summed E-state index contributed by atoms with van der Waals surface area (Å²) < 4.78 is 27.0. The lowest BCUT2D eigenvalue weighted by molar-refractivity contribution is -0.116. The molecule has 0 saturated heterocycles. The molecule has 2 aromatic heterocycles. The molecule has 4 aromatic rings. The van der Waals surface area contributed by atoms with Crippen molar-refractivity contribution in [1.29, 1.82) is 0 Å². The van der Waals surface area contributed by atoms with Crippen LogP contribution in [0.4, 0.5) is 10.1 Å². The van der Waals surface area contributed by atoms with Crippen LogP contribution in [0.25, 0.3) is 10.2 Å². The average molecular weight is 469 g/mol. The lowest BCUT2D eigenvalue weighted by atomic mass is 10.2. The van der Waals surface area contributed by atoms with Crippen LogP contribution in [0.3, 0.4) is 0 Å². The van der Waals surface area contributed by atoms with Gasteiger partial charge in [0.25, 0.3) is 5.56 Å². The van der Waals surface area contributed by atoms with E-state index < -0.39 is 23.0 Å². The molecule has 0 saturated carbocycles. The number of fused-ring (bicyclic) bond motifs is 1. The molecule has 4 rings (SSSR count). The zero-order valence-corrected chi connectivity index (χ0v) is 18.6. The van der Waals surface area contributed by atoms with Crippen molar-refractivity contribution in [3.05, 3.63) is 86.1 Å². The standard InChI is InChI=1S/C23H20FN3O5S/c1-31-16-9-15(10-17(11-16)32-2)25-20(28)13-26-19-7-8-33-21(19)22(29)27(23(26)30)12-14-5-3-4-6-18(14)24/h3-11H,12-13H2,1-2H3,(H,25,28). The highest BCUT2D eigenvalue weighted by Gasteiger charge is 2.18. The molecule has 1 amide bonds. The minimum Gasteiger partial charge on any atom is -0.497 e. The summed E-state index contributed by atoms with van der Waals surface area (Å²) in [4.78, 5) is 38.9. The van der Waals surface area contributed by atoms with E-state index in [4.69, 9.17) is 9.47 Å². The average Bonchev–Trinajstić information content (AvgIpc) is 3.30. The predicted molar refractivity (Wildman–Crippen MR) is 124 cm³/mol. The van der Waals surface area contributed by atoms with Gasteiger partial charge < -0.3 is 14.8 Å². The third-order valence-electron chi connectivity index (χ3n) is 5.06. The second-order valence-corrected chi connectivity index (χ2v) is 8.05. The van der Waals surface area contributed by atoms with E-state index in [2.05, 4.69) is 5.32 Å². The number of nitrogens with one attached hydrogen (secondary N) is 1. The van der Waals surface area contributed by atoms with Crippen LogP contribution in [0.1, 0.15) is 5.56 Å². The number of ether oxygens (including phenoxy) is 2. The molecule has 170 valence electrons. The van der Waals surface area contributed by atoms with Crippen molar-refractivity contribution >= 4 is 33.1 Å². The third-order valence-corrected chi connectivity index (χ3v) is 5.95. The monoisotopic (exact) mass is 469 g/mol. The van der Waals surface area contributed by atoms with E-state index >= 15 is 0 Å². The van der Waals surface area contributed by atoms with E-state index in [1.54, 1.807) is 35.7 Å². The number of thiophene rings is 1. The summed E-state index contributed by atoms with van der Waals surface area (Å²) in [7, 11) is 2.98. The maximum atomic E-state index is 14.2. The lowest BCUT2D eigenvalue weighted by Crippen LogP contribution is -2.41. The molecule has 0 unspecified atom stereocenters. The van der Waals surface area contributed by atoms with E-state index in [0.29, 0.717) is 27.4 Å². The third kappa shape index (κ3) is 4.51. The first-order valence-electron chi connectivity index (χ1n) is 9.88. The normalized spacial score (nSPS) is 10.9. The first-order chi connectivity index (χ1) is 15.9. The Labute approximate surface area is 191 Å². The van der Waals surface area contributed by atoms with Gasteiger partial charge in [-0.15, -0.1) is 11.3 Å². The Morgan fingerprint density at radius 3 is 2.39 bits per heavy atom. The Morgan fingerprint density at radius 2 is 1.73 bits per heavy atom. The van der Waals surface area contributed by atoms with Crippen molar-refractivity contribution < 1.29 is 18.7 Å². The number of anilines is 1. The molecular weight excluding hydrogens is 449 g/mol. The number of hydrogen-bond donors (Lipinski definition) is 1. The van der Waals surface area contributed by atoms with Crippen molar-refractivity contribution in [1.82, 2.24) is 9.13 Å². The molecule has 0 radical (unpaired) electrons. The fourth-order valence-electron chi connectivity index (χ4n) is 3.45. The zero-order valence-electron chi connectivity index (χ0n) is 17.8. The van der Waals surface area contributed by atoms with Crippen LogP contribution in [-0.4, -0.2) is 29.3 Å².